The van der Waals surface area contributed by atoms with Gasteiger partial charge in [-0.2, -0.15) is 0 Å². The molecule has 0 aliphatic carbocycles. The molecular weight excluding hydrogens is 200 g/mol. The number of rotatable bonds is 1. The summed E-state index contributed by atoms with van der Waals surface area (Å²) in [4.78, 5) is 15.6. The number of aryl methyl sites for hydroxylation is 1. The molecule has 0 saturated carbocycles. The van der Waals surface area contributed by atoms with Gasteiger partial charge in [-0.15, -0.1) is 0 Å². The number of pyridine rings is 1. The molecule has 0 spiro atoms. The molecule has 4 heteroatoms. The molecule has 0 aliphatic rings. The molecule has 72 valence electrons. The van der Waals surface area contributed by atoms with Crippen LogP contribution in [0.25, 0.3) is 5.65 Å². The SMILES string of the molecule is CCc1cccn2c(=O)cc(Cl)nc12. The van der Waals surface area contributed by atoms with Gasteiger partial charge in [-0.05, 0) is 18.1 Å². The quantitative estimate of drug-likeness (QED) is 0.671. The molecule has 0 atom stereocenters. The molecule has 14 heavy (non-hydrogen) atoms. The van der Waals surface area contributed by atoms with Crippen LogP contribution in [0.2, 0.25) is 5.15 Å². The Bertz CT molecular complexity index is 533. The molecule has 0 fully saturated rings. The Labute approximate surface area is 86.0 Å². The maximum atomic E-state index is 11.5. The lowest BCUT2D eigenvalue weighted by Crippen LogP contribution is -2.14. The molecule has 0 radical (unpaired) electrons. The van der Waals surface area contributed by atoms with Crippen LogP contribution in [0.1, 0.15) is 12.5 Å². The second-order valence-electron chi connectivity index (χ2n) is 3.00. The highest BCUT2D eigenvalue weighted by Crippen LogP contribution is 2.09. The highest BCUT2D eigenvalue weighted by molar-refractivity contribution is 6.29. The van der Waals surface area contributed by atoms with Gasteiger partial charge in [0.05, 0.1) is 0 Å². The summed E-state index contributed by atoms with van der Waals surface area (Å²) in [6.45, 7) is 2.02. The van der Waals surface area contributed by atoms with E-state index < -0.39 is 0 Å². The molecule has 2 aromatic rings. The first-order valence-electron chi connectivity index (χ1n) is 4.39. The van der Waals surface area contributed by atoms with Crippen molar-refractivity contribution in [3.8, 4) is 0 Å². The van der Waals surface area contributed by atoms with Gasteiger partial charge < -0.3 is 0 Å². The molecule has 0 N–H and O–H groups in total. The first-order valence-corrected chi connectivity index (χ1v) is 4.77. The lowest BCUT2D eigenvalue weighted by Gasteiger charge is -2.04. The number of aromatic nitrogens is 2. The van der Waals surface area contributed by atoms with Crippen LogP contribution in [0, 0.1) is 0 Å². The van der Waals surface area contributed by atoms with Gasteiger partial charge in [0.25, 0.3) is 5.56 Å². The van der Waals surface area contributed by atoms with Gasteiger partial charge in [-0.1, -0.05) is 24.6 Å². The van der Waals surface area contributed by atoms with Crippen LogP contribution in [0.5, 0.6) is 0 Å². The van der Waals surface area contributed by atoms with Crippen molar-refractivity contribution in [1.82, 2.24) is 9.38 Å². The fourth-order valence-corrected chi connectivity index (χ4v) is 1.60. The Hall–Kier alpha value is -1.35. The summed E-state index contributed by atoms with van der Waals surface area (Å²) < 4.78 is 1.50. The van der Waals surface area contributed by atoms with E-state index in [2.05, 4.69) is 4.98 Å². The average molecular weight is 209 g/mol. The number of hydrogen-bond acceptors (Lipinski definition) is 2. The van der Waals surface area contributed by atoms with Crippen LogP contribution in [0.15, 0.2) is 29.2 Å². The van der Waals surface area contributed by atoms with Crippen LogP contribution >= 0.6 is 11.6 Å². The maximum absolute atomic E-state index is 11.5. The van der Waals surface area contributed by atoms with E-state index >= 15 is 0 Å². The Kier molecular flexibility index (Phi) is 2.25. The van der Waals surface area contributed by atoms with E-state index in [1.807, 2.05) is 19.1 Å². The van der Waals surface area contributed by atoms with Gasteiger partial charge in [0.15, 0.2) is 0 Å². The zero-order valence-electron chi connectivity index (χ0n) is 7.70. The van der Waals surface area contributed by atoms with E-state index in [1.54, 1.807) is 6.20 Å². The average Bonchev–Trinajstić information content (AvgIpc) is 2.17. The summed E-state index contributed by atoms with van der Waals surface area (Å²) >= 11 is 5.73. The fourth-order valence-electron chi connectivity index (χ4n) is 1.43. The summed E-state index contributed by atoms with van der Waals surface area (Å²) in [6, 6.07) is 5.09. The van der Waals surface area contributed by atoms with Crippen molar-refractivity contribution in [2.75, 3.05) is 0 Å². The van der Waals surface area contributed by atoms with Crippen molar-refractivity contribution >= 4 is 17.2 Å². The van der Waals surface area contributed by atoms with Gasteiger partial charge >= 0.3 is 0 Å². The molecule has 2 heterocycles. The fraction of sp³-hybridized carbons (Fsp3) is 0.200. The third-order valence-electron chi connectivity index (χ3n) is 2.12. The first kappa shape index (κ1) is 9.21. The molecule has 2 rings (SSSR count). The first-order chi connectivity index (χ1) is 6.72. The highest BCUT2D eigenvalue weighted by Gasteiger charge is 2.03. The molecule has 0 amide bonds. The Morgan fingerprint density at radius 3 is 3.07 bits per heavy atom. The predicted octanol–water partition coefficient (Wildman–Crippen LogP) is 1.91. The molecule has 0 aromatic carbocycles. The summed E-state index contributed by atoms with van der Waals surface area (Å²) in [5, 5.41) is 0.246. The monoisotopic (exact) mass is 208 g/mol. The summed E-state index contributed by atoms with van der Waals surface area (Å²) in [7, 11) is 0. The summed E-state index contributed by atoms with van der Waals surface area (Å²) in [6.07, 6.45) is 2.53. The van der Waals surface area contributed by atoms with Crippen molar-refractivity contribution < 1.29 is 0 Å². The minimum atomic E-state index is -0.143. The van der Waals surface area contributed by atoms with Crippen LogP contribution < -0.4 is 5.56 Å². The smallest absolute Gasteiger partial charge is 0.259 e. The van der Waals surface area contributed by atoms with E-state index in [4.69, 9.17) is 11.6 Å². The van der Waals surface area contributed by atoms with Gasteiger partial charge in [-0.3, -0.25) is 9.20 Å². The Balaban J connectivity index is 2.94. The van der Waals surface area contributed by atoms with Crippen LogP contribution in [-0.2, 0) is 6.42 Å². The predicted molar refractivity (Wildman–Crippen MR) is 55.9 cm³/mol. The maximum Gasteiger partial charge on any atom is 0.259 e. The second-order valence-corrected chi connectivity index (χ2v) is 3.38. The van der Waals surface area contributed by atoms with E-state index in [1.165, 1.54) is 10.5 Å². The van der Waals surface area contributed by atoms with Gasteiger partial charge in [-0.25, -0.2) is 4.98 Å². The van der Waals surface area contributed by atoms with Crippen LogP contribution in [0.3, 0.4) is 0 Å². The summed E-state index contributed by atoms with van der Waals surface area (Å²) in [5.74, 6) is 0. The number of fused-ring (bicyclic) bond motifs is 1. The van der Waals surface area contributed by atoms with Crippen molar-refractivity contribution in [3.63, 3.8) is 0 Å². The normalized spacial score (nSPS) is 10.7. The molecule has 2 aromatic heterocycles. The third-order valence-corrected chi connectivity index (χ3v) is 2.32. The van der Waals surface area contributed by atoms with Gasteiger partial charge in [0.1, 0.15) is 10.8 Å². The minimum absolute atomic E-state index is 0.143. The molecule has 0 unspecified atom stereocenters. The molecule has 0 aliphatic heterocycles. The number of hydrogen-bond donors (Lipinski definition) is 0. The van der Waals surface area contributed by atoms with Crippen molar-refractivity contribution in [2.24, 2.45) is 0 Å². The third kappa shape index (κ3) is 1.40. The Morgan fingerprint density at radius 1 is 1.57 bits per heavy atom. The van der Waals surface area contributed by atoms with Crippen LogP contribution in [-0.4, -0.2) is 9.38 Å². The van der Waals surface area contributed by atoms with Crippen molar-refractivity contribution in [1.29, 1.82) is 0 Å². The number of halogens is 1. The lowest BCUT2D eigenvalue weighted by molar-refractivity contribution is 1.00. The molecule has 0 saturated heterocycles. The molecule has 3 nitrogen and oxygen atoms in total. The zero-order chi connectivity index (χ0) is 10.1. The largest absolute Gasteiger partial charge is 0.269 e. The van der Waals surface area contributed by atoms with Crippen molar-refractivity contribution in [2.45, 2.75) is 13.3 Å². The van der Waals surface area contributed by atoms with E-state index in [-0.39, 0.29) is 10.7 Å². The van der Waals surface area contributed by atoms with Crippen molar-refractivity contribution in [3.05, 3.63) is 45.5 Å². The van der Waals surface area contributed by atoms with E-state index in [0.717, 1.165) is 12.0 Å². The minimum Gasteiger partial charge on any atom is -0.269 e. The lowest BCUT2D eigenvalue weighted by atomic mass is 10.2. The van der Waals surface area contributed by atoms with Crippen LogP contribution in [0.4, 0.5) is 0 Å². The topological polar surface area (TPSA) is 34.4 Å². The molecular formula is C10H9ClN2O. The van der Waals surface area contributed by atoms with E-state index in [0.29, 0.717) is 5.65 Å². The Morgan fingerprint density at radius 2 is 2.36 bits per heavy atom. The standard InChI is InChI=1S/C10H9ClN2O/c1-2-7-4-3-5-13-9(14)6-8(11)12-10(7)13/h3-6H,2H2,1H3. The second kappa shape index (κ2) is 3.42. The van der Waals surface area contributed by atoms with E-state index in [9.17, 15) is 4.79 Å². The number of nitrogens with zero attached hydrogens (tertiary/aromatic N) is 2. The highest BCUT2D eigenvalue weighted by atomic mass is 35.5. The van der Waals surface area contributed by atoms with Gasteiger partial charge in [0.2, 0.25) is 0 Å². The van der Waals surface area contributed by atoms with Gasteiger partial charge in [0, 0.05) is 12.3 Å². The zero-order valence-corrected chi connectivity index (χ0v) is 8.45. The molecule has 0 bridgehead atoms. The summed E-state index contributed by atoms with van der Waals surface area (Å²) in [5.41, 5.74) is 1.52.